The van der Waals surface area contributed by atoms with Crippen LogP contribution in [0.1, 0.15) is 0 Å². The topological polar surface area (TPSA) is 29.4 Å². The fourth-order valence-corrected chi connectivity index (χ4v) is 3.13. The molecule has 1 atom stereocenters. The van der Waals surface area contributed by atoms with Gasteiger partial charge in [0.2, 0.25) is 0 Å². The van der Waals surface area contributed by atoms with Crippen LogP contribution in [0.25, 0.3) is 0 Å². The molecule has 0 N–H and O–H groups in total. The van der Waals surface area contributed by atoms with Crippen molar-refractivity contribution in [2.24, 2.45) is 4.36 Å². The van der Waals surface area contributed by atoms with E-state index in [9.17, 15) is 4.21 Å². The molecule has 0 heterocycles. The van der Waals surface area contributed by atoms with Gasteiger partial charge >= 0.3 is 0 Å². The van der Waals surface area contributed by atoms with E-state index in [1.165, 1.54) is 0 Å². The Balaban J connectivity index is 2.49. The molecular formula is C13H12BrNOS. The smallest absolute Gasteiger partial charge is 0.0771 e. The summed E-state index contributed by atoms with van der Waals surface area (Å²) >= 11 is 3.37. The van der Waals surface area contributed by atoms with Gasteiger partial charge < -0.3 is 0 Å². The first-order chi connectivity index (χ1) is 8.08. The first-order valence-corrected chi connectivity index (χ1v) is 7.82. The Morgan fingerprint density at radius 3 is 2.41 bits per heavy atom. The van der Waals surface area contributed by atoms with Crippen molar-refractivity contribution < 1.29 is 4.21 Å². The SMILES string of the molecule is CS(=O)(=Nc1cccc(Br)c1)c1ccccc1. The molecule has 0 fully saturated rings. The van der Waals surface area contributed by atoms with Crippen molar-refractivity contribution in [3.8, 4) is 0 Å². The maximum atomic E-state index is 12.5. The largest absolute Gasteiger partial charge is 0.245 e. The van der Waals surface area contributed by atoms with Crippen LogP contribution in [-0.2, 0) is 9.73 Å². The summed E-state index contributed by atoms with van der Waals surface area (Å²) in [5, 5.41) is 0. The lowest BCUT2D eigenvalue weighted by molar-refractivity contribution is 0.681. The van der Waals surface area contributed by atoms with E-state index < -0.39 is 9.73 Å². The van der Waals surface area contributed by atoms with Gasteiger partial charge in [0.1, 0.15) is 0 Å². The lowest BCUT2D eigenvalue weighted by Crippen LogP contribution is -1.95. The first kappa shape index (κ1) is 12.3. The molecule has 0 saturated heterocycles. The number of rotatable bonds is 2. The average molecular weight is 310 g/mol. The quantitative estimate of drug-likeness (QED) is 0.816. The third-order valence-electron chi connectivity index (χ3n) is 2.27. The van der Waals surface area contributed by atoms with E-state index in [0.29, 0.717) is 0 Å². The molecule has 0 spiro atoms. The van der Waals surface area contributed by atoms with Gasteiger partial charge in [0, 0.05) is 15.6 Å². The highest BCUT2D eigenvalue weighted by Crippen LogP contribution is 2.22. The van der Waals surface area contributed by atoms with Gasteiger partial charge in [-0.2, -0.15) is 4.36 Å². The van der Waals surface area contributed by atoms with E-state index in [1.54, 1.807) is 6.26 Å². The zero-order chi connectivity index (χ0) is 12.3. The van der Waals surface area contributed by atoms with E-state index in [1.807, 2.05) is 54.6 Å². The molecule has 88 valence electrons. The van der Waals surface area contributed by atoms with Crippen LogP contribution in [0.4, 0.5) is 5.69 Å². The van der Waals surface area contributed by atoms with Crippen LogP contribution in [0.5, 0.6) is 0 Å². The summed E-state index contributed by atoms with van der Waals surface area (Å²) in [6.07, 6.45) is 1.66. The predicted octanol–water partition coefficient (Wildman–Crippen LogP) is 4.24. The number of hydrogen-bond donors (Lipinski definition) is 0. The Labute approximate surface area is 110 Å². The zero-order valence-electron chi connectivity index (χ0n) is 9.34. The van der Waals surface area contributed by atoms with Crippen LogP contribution in [0.3, 0.4) is 0 Å². The molecule has 0 amide bonds. The third-order valence-corrected chi connectivity index (χ3v) is 4.47. The Morgan fingerprint density at radius 1 is 1.06 bits per heavy atom. The van der Waals surface area contributed by atoms with E-state index in [4.69, 9.17) is 0 Å². The van der Waals surface area contributed by atoms with Gasteiger partial charge in [0.25, 0.3) is 0 Å². The zero-order valence-corrected chi connectivity index (χ0v) is 11.7. The highest BCUT2D eigenvalue weighted by molar-refractivity contribution is 9.10. The lowest BCUT2D eigenvalue weighted by Gasteiger charge is -2.04. The summed E-state index contributed by atoms with van der Waals surface area (Å²) in [4.78, 5) is 0.750. The van der Waals surface area contributed by atoms with Gasteiger partial charge in [-0.25, -0.2) is 4.21 Å². The van der Waals surface area contributed by atoms with Crippen molar-refractivity contribution in [3.05, 3.63) is 59.1 Å². The lowest BCUT2D eigenvalue weighted by atomic mass is 10.3. The summed E-state index contributed by atoms with van der Waals surface area (Å²) in [6, 6.07) is 16.8. The van der Waals surface area contributed by atoms with Crippen molar-refractivity contribution in [1.29, 1.82) is 0 Å². The fraction of sp³-hybridized carbons (Fsp3) is 0.0769. The molecule has 4 heteroatoms. The van der Waals surface area contributed by atoms with Crippen LogP contribution in [-0.4, -0.2) is 10.5 Å². The van der Waals surface area contributed by atoms with Crippen molar-refractivity contribution in [2.45, 2.75) is 4.90 Å². The minimum absolute atomic E-state index is 0.718. The molecule has 0 aromatic heterocycles. The maximum absolute atomic E-state index is 12.5. The standard InChI is InChI=1S/C13H12BrNOS/c1-17(16,13-8-3-2-4-9-13)15-12-7-5-6-11(14)10-12/h2-10H,1H3. The summed E-state index contributed by atoms with van der Waals surface area (Å²) < 4.78 is 17.7. The average Bonchev–Trinajstić information content (AvgIpc) is 2.29. The molecule has 1 unspecified atom stereocenters. The van der Waals surface area contributed by atoms with Gasteiger partial charge in [0.05, 0.1) is 15.4 Å². The molecule has 0 aliphatic rings. The van der Waals surface area contributed by atoms with E-state index >= 15 is 0 Å². The second kappa shape index (κ2) is 5.02. The molecule has 0 aliphatic heterocycles. The van der Waals surface area contributed by atoms with Crippen molar-refractivity contribution in [2.75, 3.05) is 6.26 Å². The first-order valence-electron chi connectivity index (χ1n) is 5.11. The predicted molar refractivity (Wildman–Crippen MR) is 75.0 cm³/mol. The van der Waals surface area contributed by atoms with E-state index in [2.05, 4.69) is 20.3 Å². The van der Waals surface area contributed by atoms with Gasteiger partial charge in [-0.05, 0) is 30.3 Å². The molecular weight excluding hydrogens is 298 g/mol. The van der Waals surface area contributed by atoms with Gasteiger partial charge in [-0.1, -0.05) is 40.2 Å². The molecule has 2 aromatic rings. The number of nitrogens with zero attached hydrogens (tertiary/aromatic N) is 1. The molecule has 2 aromatic carbocycles. The fourth-order valence-electron chi connectivity index (χ4n) is 1.46. The Kier molecular flexibility index (Phi) is 3.64. The van der Waals surface area contributed by atoms with E-state index in [-0.39, 0.29) is 0 Å². The Bertz CT molecular complexity index is 631. The van der Waals surface area contributed by atoms with Crippen LogP contribution in [0.2, 0.25) is 0 Å². The van der Waals surface area contributed by atoms with Crippen LogP contribution in [0.15, 0.2) is 68.3 Å². The van der Waals surface area contributed by atoms with Crippen molar-refractivity contribution >= 4 is 31.3 Å². The number of benzene rings is 2. The molecule has 0 bridgehead atoms. The summed E-state index contributed by atoms with van der Waals surface area (Å²) in [5.74, 6) is 0. The summed E-state index contributed by atoms with van der Waals surface area (Å²) in [5.41, 5.74) is 0.718. The minimum atomic E-state index is -2.38. The monoisotopic (exact) mass is 309 g/mol. The Hall–Kier alpha value is -1.13. The number of hydrogen-bond acceptors (Lipinski definition) is 2. The third kappa shape index (κ3) is 3.17. The molecule has 2 nitrogen and oxygen atoms in total. The van der Waals surface area contributed by atoms with Crippen LogP contribution >= 0.6 is 15.9 Å². The molecule has 0 aliphatic carbocycles. The van der Waals surface area contributed by atoms with Crippen LogP contribution in [0, 0.1) is 0 Å². The van der Waals surface area contributed by atoms with Crippen LogP contribution < -0.4 is 0 Å². The summed E-state index contributed by atoms with van der Waals surface area (Å²) in [6.45, 7) is 0. The molecule has 17 heavy (non-hydrogen) atoms. The highest BCUT2D eigenvalue weighted by atomic mass is 79.9. The van der Waals surface area contributed by atoms with Gasteiger partial charge in [-0.15, -0.1) is 0 Å². The summed E-state index contributed by atoms with van der Waals surface area (Å²) in [7, 11) is -2.38. The van der Waals surface area contributed by atoms with Crippen molar-refractivity contribution in [1.82, 2.24) is 0 Å². The normalized spacial score (nSPS) is 14.0. The van der Waals surface area contributed by atoms with Gasteiger partial charge in [0.15, 0.2) is 0 Å². The molecule has 0 saturated carbocycles. The second-order valence-corrected chi connectivity index (χ2v) is 6.86. The van der Waals surface area contributed by atoms with Gasteiger partial charge in [-0.3, -0.25) is 0 Å². The highest BCUT2D eigenvalue weighted by Gasteiger charge is 2.05. The molecule has 2 rings (SSSR count). The minimum Gasteiger partial charge on any atom is -0.245 e. The maximum Gasteiger partial charge on any atom is 0.0771 e. The number of halogens is 1. The Morgan fingerprint density at radius 2 is 1.76 bits per heavy atom. The van der Waals surface area contributed by atoms with E-state index in [0.717, 1.165) is 15.1 Å². The van der Waals surface area contributed by atoms with Crippen molar-refractivity contribution in [3.63, 3.8) is 0 Å². The molecule has 0 radical (unpaired) electrons. The second-order valence-electron chi connectivity index (χ2n) is 3.69.